The van der Waals surface area contributed by atoms with Crippen LogP contribution in [0.5, 0.6) is 0 Å². The molecule has 0 spiro atoms. The van der Waals surface area contributed by atoms with Crippen molar-refractivity contribution in [2.24, 2.45) is 0 Å². The number of hydrogen-bond acceptors (Lipinski definition) is 5. The summed E-state index contributed by atoms with van der Waals surface area (Å²) in [6.45, 7) is 4.25. The number of imidazole rings is 1. The molecule has 3 heterocycles. The van der Waals surface area contributed by atoms with E-state index in [0.29, 0.717) is 34.7 Å². The number of hydrogen-bond donors (Lipinski definition) is 1. The third-order valence-electron chi connectivity index (χ3n) is 6.82. The Kier molecular flexibility index (Phi) is 6.38. The summed E-state index contributed by atoms with van der Waals surface area (Å²) in [5.74, 6) is 0.0554. The maximum Gasteiger partial charge on any atom is 0.416 e. The van der Waals surface area contributed by atoms with E-state index in [1.54, 1.807) is 43.4 Å². The first-order chi connectivity index (χ1) is 17.6. The van der Waals surface area contributed by atoms with Crippen LogP contribution in [0.2, 0.25) is 0 Å². The molecule has 1 N–H and O–H groups in total. The molecule has 1 aromatic carbocycles. The van der Waals surface area contributed by atoms with Crippen LogP contribution in [0.15, 0.2) is 43.0 Å². The van der Waals surface area contributed by atoms with Gasteiger partial charge in [-0.15, -0.1) is 0 Å². The zero-order chi connectivity index (χ0) is 26.3. The number of anilines is 2. The Bertz CT molecular complexity index is 1450. The van der Waals surface area contributed by atoms with Crippen LogP contribution in [0.1, 0.15) is 60.4 Å². The monoisotopic (exact) mass is 511 g/mol. The molecule has 37 heavy (non-hydrogen) atoms. The third-order valence-corrected chi connectivity index (χ3v) is 6.82. The van der Waals surface area contributed by atoms with Crippen molar-refractivity contribution < 1.29 is 18.0 Å². The largest absolute Gasteiger partial charge is 0.416 e. The summed E-state index contributed by atoms with van der Waals surface area (Å²) < 4.78 is 44.6. The number of nitrogens with zero attached hydrogens (tertiary/aromatic N) is 6. The second-order valence-corrected chi connectivity index (χ2v) is 9.44. The maximum absolute atomic E-state index is 13.7. The van der Waals surface area contributed by atoms with Crippen molar-refractivity contribution in [2.45, 2.75) is 51.7 Å². The summed E-state index contributed by atoms with van der Waals surface area (Å²) in [7, 11) is 1.75. The number of carbonyl (C=O) groups excluding carboxylic acids is 1. The molecule has 3 aromatic heterocycles. The van der Waals surface area contributed by atoms with E-state index >= 15 is 0 Å². The summed E-state index contributed by atoms with van der Waals surface area (Å²) in [4.78, 5) is 27.9. The van der Waals surface area contributed by atoms with Gasteiger partial charge in [-0.25, -0.2) is 9.97 Å². The Morgan fingerprint density at radius 3 is 2.57 bits per heavy atom. The van der Waals surface area contributed by atoms with Crippen molar-refractivity contribution in [3.8, 4) is 5.69 Å². The molecule has 1 aliphatic rings. The number of amides is 1. The van der Waals surface area contributed by atoms with E-state index in [1.165, 1.54) is 10.9 Å². The Morgan fingerprint density at radius 1 is 1.16 bits per heavy atom. The quantitative estimate of drug-likeness (QED) is 0.349. The van der Waals surface area contributed by atoms with Crippen molar-refractivity contribution >= 4 is 28.6 Å². The van der Waals surface area contributed by atoms with Crippen molar-refractivity contribution in [3.63, 3.8) is 0 Å². The maximum atomic E-state index is 13.7. The predicted molar refractivity (Wildman–Crippen MR) is 134 cm³/mol. The molecule has 1 fully saturated rings. The Morgan fingerprint density at radius 2 is 1.92 bits per heavy atom. The van der Waals surface area contributed by atoms with Gasteiger partial charge in [0.1, 0.15) is 11.3 Å². The van der Waals surface area contributed by atoms with Gasteiger partial charge >= 0.3 is 6.18 Å². The number of carbonyl (C=O) groups is 1. The topological polar surface area (TPSA) is 80.9 Å². The predicted octanol–water partition coefficient (Wildman–Crippen LogP) is 5.89. The van der Waals surface area contributed by atoms with Crippen LogP contribution in [0.4, 0.5) is 24.8 Å². The summed E-state index contributed by atoms with van der Waals surface area (Å²) in [6.07, 6.45) is 4.20. The van der Waals surface area contributed by atoms with Gasteiger partial charge in [-0.2, -0.15) is 18.2 Å². The number of rotatable bonds is 6. The molecule has 5 rings (SSSR count). The molecule has 1 aliphatic carbocycles. The lowest BCUT2D eigenvalue weighted by molar-refractivity contribution is -0.137. The van der Waals surface area contributed by atoms with Crippen LogP contribution in [-0.4, -0.2) is 48.5 Å². The summed E-state index contributed by atoms with van der Waals surface area (Å²) in [5, 5.41) is 3.66. The summed E-state index contributed by atoms with van der Waals surface area (Å²) >= 11 is 0. The number of benzene rings is 1. The van der Waals surface area contributed by atoms with Crippen LogP contribution >= 0.6 is 0 Å². The van der Waals surface area contributed by atoms with Gasteiger partial charge < -0.3 is 19.4 Å². The Hall–Kier alpha value is -3.89. The minimum atomic E-state index is -4.54. The van der Waals surface area contributed by atoms with Gasteiger partial charge in [0.15, 0.2) is 0 Å². The molecule has 1 amide bonds. The molecule has 1 saturated carbocycles. The first kappa shape index (κ1) is 24.8. The molecule has 0 radical (unpaired) electrons. The average Bonchev–Trinajstić information content (AvgIpc) is 3.61. The molecule has 0 atom stereocenters. The van der Waals surface area contributed by atoms with Crippen LogP contribution in [0.25, 0.3) is 16.7 Å². The number of aromatic nitrogens is 5. The Labute approximate surface area is 212 Å². The Balaban J connectivity index is 1.57. The molecule has 4 aromatic rings. The van der Waals surface area contributed by atoms with E-state index in [2.05, 4.69) is 20.3 Å². The lowest BCUT2D eigenvalue weighted by Crippen LogP contribution is -2.29. The molecule has 8 nitrogen and oxygen atoms in total. The van der Waals surface area contributed by atoms with Gasteiger partial charge in [0.2, 0.25) is 5.95 Å². The molecular formula is C26H28F3N7O. The number of alkyl halides is 3. The number of fused-ring (bicyclic) bond motifs is 1. The minimum absolute atomic E-state index is 0.0972. The lowest BCUT2D eigenvalue weighted by atomic mass is 10.1. The molecule has 11 heteroatoms. The highest BCUT2D eigenvalue weighted by Gasteiger charge is 2.32. The number of halogens is 3. The highest BCUT2D eigenvalue weighted by Crippen LogP contribution is 2.36. The van der Waals surface area contributed by atoms with E-state index in [-0.39, 0.29) is 23.6 Å². The fourth-order valence-corrected chi connectivity index (χ4v) is 4.79. The van der Waals surface area contributed by atoms with Gasteiger partial charge in [0, 0.05) is 48.8 Å². The molecular weight excluding hydrogens is 483 g/mol. The standard InChI is InChI=1S/C26H28F3N7O/c1-4-34(3)24(37)22-9-17-13-30-25(33-23(17)36(22)20-7-5-6-8-20)32-19-10-18(26(27,28)29)11-21(12-19)35-14-16(2)31-15-35/h9-15,20H,4-8H2,1-3H3,(H,30,32,33). The molecule has 0 saturated heterocycles. The van der Waals surface area contributed by atoms with Crippen molar-refractivity contribution in [1.29, 1.82) is 0 Å². The molecule has 0 aliphatic heterocycles. The minimum Gasteiger partial charge on any atom is -0.341 e. The van der Waals surface area contributed by atoms with Gasteiger partial charge in [0.05, 0.1) is 17.6 Å². The number of aryl methyl sites for hydroxylation is 1. The average molecular weight is 512 g/mol. The molecule has 194 valence electrons. The molecule has 0 bridgehead atoms. The van der Waals surface area contributed by atoms with Gasteiger partial charge in [-0.05, 0) is 51.0 Å². The van der Waals surface area contributed by atoms with E-state index in [9.17, 15) is 18.0 Å². The first-order valence-electron chi connectivity index (χ1n) is 12.3. The highest BCUT2D eigenvalue weighted by atomic mass is 19.4. The van der Waals surface area contributed by atoms with Gasteiger partial charge in [-0.3, -0.25) is 4.79 Å². The lowest BCUT2D eigenvalue weighted by Gasteiger charge is -2.20. The van der Waals surface area contributed by atoms with Crippen LogP contribution < -0.4 is 5.32 Å². The fraction of sp³-hybridized carbons (Fsp3) is 0.385. The first-order valence-corrected chi connectivity index (χ1v) is 12.3. The van der Waals surface area contributed by atoms with Crippen LogP contribution in [0, 0.1) is 6.92 Å². The van der Waals surface area contributed by atoms with Crippen molar-refractivity contribution in [2.75, 3.05) is 18.9 Å². The van der Waals surface area contributed by atoms with E-state index < -0.39 is 11.7 Å². The fourth-order valence-electron chi connectivity index (χ4n) is 4.79. The van der Waals surface area contributed by atoms with Crippen molar-refractivity contribution in [1.82, 2.24) is 29.0 Å². The highest BCUT2D eigenvalue weighted by molar-refractivity contribution is 5.98. The number of nitrogens with one attached hydrogen (secondary N) is 1. The van der Waals surface area contributed by atoms with E-state index in [1.807, 2.05) is 11.5 Å². The normalized spacial score (nSPS) is 14.4. The third kappa shape index (κ3) is 4.90. The van der Waals surface area contributed by atoms with Gasteiger partial charge in [-0.1, -0.05) is 12.8 Å². The second-order valence-electron chi connectivity index (χ2n) is 9.44. The summed E-state index contributed by atoms with van der Waals surface area (Å²) in [5.41, 5.74) is 1.53. The second kappa shape index (κ2) is 9.53. The smallest absolute Gasteiger partial charge is 0.341 e. The van der Waals surface area contributed by atoms with E-state index in [4.69, 9.17) is 0 Å². The molecule has 0 unspecified atom stereocenters. The van der Waals surface area contributed by atoms with Crippen molar-refractivity contribution in [3.05, 3.63) is 59.9 Å². The SMILES string of the molecule is CCN(C)C(=O)c1cc2cnc(Nc3cc(-n4cnc(C)c4)cc(C(F)(F)F)c3)nc2n1C1CCCC1. The summed E-state index contributed by atoms with van der Waals surface area (Å²) in [6, 6.07) is 5.63. The zero-order valence-corrected chi connectivity index (χ0v) is 20.9. The zero-order valence-electron chi connectivity index (χ0n) is 20.9. The van der Waals surface area contributed by atoms with Crippen LogP contribution in [0.3, 0.4) is 0 Å². The van der Waals surface area contributed by atoms with Crippen LogP contribution in [-0.2, 0) is 6.18 Å². The van der Waals surface area contributed by atoms with E-state index in [0.717, 1.165) is 37.8 Å². The van der Waals surface area contributed by atoms with Gasteiger partial charge in [0.25, 0.3) is 5.91 Å².